The summed E-state index contributed by atoms with van der Waals surface area (Å²) in [5.74, 6) is -1.85. The average Bonchev–Trinajstić information content (AvgIpc) is 2.37. The molecule has 6 heteroatoms. The third-order valence-corrected chi connectivity index (χ3v) is 3.69. The van der Waals surface area contributed by atoms with Crippen molar-refractivity contribution in [2.75, 3.05) is 0 Å². The standard InChI is InChI=1S/C13H20N2O4/c1-7(8(2)13(18)19)12(17)15-10-5-3-9(4-6-10)11(14)16/h9-10H,3-6H2,1-2H3,(H2,14,16)(H,15,17)(H,18,19). The van der Waals surface area contributed by atoms with E-state index in [1.165, 1.54) is 13.8 Å². The number of aliphatic carboxylic acids is 1. The quantitative estimate of drug-likeness (QED) is 0.647. The highest BCUT2D eigenvalue weighted by atomic mass is 16.4. The summed E-state index contributed by atoms with van der Waals surface area (Å²) in [4.78, 5) is 33.6. The Morgan fingerprint density at radius 2 is 1.58 bits per heavy atom. The van der Waals surface area contributed by atoms with Crippen LogP contribution in [-0.4, -0.2) is 28.9 Å². The molecule has 1 aliphatic rings. The first-order chi connectivity index (χ1) is 8.82. The van der Waals surface area contributed by atoms with Crippen molar-refractivity contribution in [3.63, 3.8) is 0 Å². The molecule has 0 heterocycles. The first kappa shape index (κ1) is 15.2. The van der Waals surface area contributed by atoms with Crippen LogP contribution in [0.25, 0.3) is 0 Å². The molecule has 19 heavy (non-hydrogen) atoms. The molecule has 0 unspecified atom stereocenters. The zero-order valence-electron chi connectivity index (χ0n) is 11.2. The molecule has 6 nitrogen and oxygen atoms in total. The molecule has 0 aromatic heterocycles. The van der Waals surface area contributed by atoms with Gasteiger partial charge in [0.15, 0.2) is 0 Å². The Morgan fingerprint density at radius 3 is 2.00 bits per heavy atom. The van der Waals surface area contributed by atoms with E-state index >= 15 is 0 Å². The van der Waals surface area contributed by atoms with E-state index in [4.69, 9.17) is 10.8 Å². The van der Waals surface area contributed by atoms with Gasteiger partial charge in [0, 0.05) is 23.1 Å². The minimum atomic E-state index is -1.09. The van der Waals surface area contributed by atoms with Crippen molar-refractivity contribution in [1.82, 2.24) is 5.32 Å². The van der Waals surface area contributed by atoms with Gasteiger partial charge < -0.3 is 16.2 Å². The number of hydrogen-bond donors (Lipinski definition) is 3. The third-order valence-electron chi connectivity index (χ3n) is 3.69. The van der Waals surface area contributed by atoms with Gasteiger partial charge >= 0.3 is 5.97 Å². The molecule has 0 spiro atoms. The summed E-state index contributed by atoms with van der Waals surface area (Å²) in [6.45, 7) is 2.90. The summed E-state index contributed by atoms with van der Waals surface area (Å²) in [7, 11) is 0. The molecular formula is C13H20N2O4. The van der Waals surface area contributed by atoms with Crippen LogP contribution < -0.4 is 11.1 Å². The summed E-state index contributed by atoms with van der Waals surface area (Å²) >= 11 is 0. The van der Waals surface area contributed by atoms with E-state index in [0.29, 0.717) is 25.7 Å². The third kappa shape index (κ3) is 4.08. The fourth-order valence-corrected chi connectivity index (χ4v) is 2.15. The van der Waals surface area contributed by atoms with Gasteiger partial charge in [0.05, 0.1) is 0 Å². The Balaban J connectivity index is 2.54. The predicted molar refractivity (Wildman–Crippen MR) is 69.1 cm³/mol. The molecule has 0 radical (unpaired) electrons. The Kier molecular flexibility index (Phi) is 5.09. The van der Waals surface area contributed by atoms with Crippen LogP contribution in [0.3, 0.4) is 0 Å². The molecule has 1 saturated carbocycles. The number of carbonyl (C=O) groups is 3. The number of hydrogen-bond acceptors (Lipinski definition) is 3. The summed E-state index contributed by atoms with van der Waals surface area (Å²) in [5.41, 5.74) is 5.49. The van der Waals surface area contributed by atoms with Gasteiger partial charge in [-0.15, -0.1) is 0 Å². The number of carboxylic acids is 1. The molecule has 0 aliphatic heterocycles. The maximum Gasteiger partial charge on any atom is 0.331 e. The van der Waals surface area contributed by atoms with E-state index in [-0.39, 0.29) is 34.9 Å². The number of amides is 2. The van der Waals surface area contributed by atoms with E-state index in [0.717, 1.165) is 0 Å². The van der Waals surface area contributed by atoms with E-state index in [1.54, 1.807) is 0 Å². The first-order valence-corrected chi connectivity index (χ1v) is 6.33. The molecule has 106 valence electrons. The number of rotatable bonds is 4. The molecule has 1 aliphatic carbocycles. The number of carbonyl (C=O) groups excluding carboxylic acids is 2. The number of nitrogens with one attached hydrogen (secondary N) is 1. The van der Waals surface area contributed by atoms with Crippen LogP contribution in [0.15, 0.2) is 11.1 Å². The van der Waals surface area contributed by atoms with E-state index in [1.807, 2.05) is 0 Å². The normalized spacial score (nSPS) is 24.3. The maximum atomic E-state index is 11.8. The summed E-state index contributed by atoms with van der Waals surface area (Å²) in [6, 6.07) is -0.0142. The fraction of sp³-hybridized carbons (Fsp3) is 0.615. The van der Waals surface area contributed by atoms with Crippen molar-refractivity contribution >= 4 is 17.8 Å². The first-order valence-electron chi connectivity index (χ1n) is 6.33. The average molecular weight is 268 g/mol. The lowest BCUT2D eigenvalue weighted by molar-refractivity contribution is -0.133. The SMILES string of the molecule is CC(C(=O)O)=C(C)C(=O)NC1CCC(C(N)=O)CC1. The minimum Gasteiger partial charge on any atom is -0.478 e. The van der Waals surface area contributed by atoms with Gasteiger partial charge in [0.25, 0.3) is 0 Å². The van der Waals surface area contributed by atoms with Crippen LogP contribution in [0.5, 0.6) is 0 Å². The van der Waals surface area contributed by atoms with E-state index in [2.05, 4.69) is 5.32 Å². The lowest BCUT2D eigenvalue weighted by Gasteiger charge is -2.27. The van der Waals surface area contributed by atoms with Gasteiger partial charge in [-0.25, -0.2) is 4.79 Å². The summed E-state index contributed by atoms with van der Waals surface area (Å²) in [5, 5.41) is 11.6. The highest BCUT2D eigenvalue weighted by Crippen LogP contribution is 2.24. The van der Waals surface area contributed by atoms with Gasteiger partial charge in [0.2, 0.25) is 11.8 Å². The van der Waals surface area contributed by atoms with Crippen molar-refractivity contribution < 1.29 is 19.5 Å². The number of primary amides is 1. The fourth-order valence-electron chi connectivity index (χ4n) is 2.15. The second kappa shape index (κ2) is 6.36. The zero-order valence-corrected chi connectivity index (χ0v) is 11.2. The van der Waals surface area contributed by atoms with Gasteiger partial charge in [-0.3, -0.25) is 9.59 Å². The molecule has 0 saturated heterocycles. The second-order valence-electron chi connectivity index (χ2n) is 4.98. The summed E-state index contributed by atoms with van der Waals surface area (Å²) < 4.78 is 0. The number of nitrogens with two attached hydrogens (primary N) is 1. The Hall–Kier alpha value is -1.85. The Bertz CT molecular complexity index is 420. The van der Waals surface area contributed by atoms with Gasteiger partial charge in [-0.1, -0.05) is 0 Å². The van der Waals surface area contributed by atoms with Crippen molar-refractivity contribution in [3.05, 3.63) is 11.1 Å². The molecule has 0 bridgehead atoms. The molecule has 0 atom stereocenters. The van der Waals surface area contributed by atoms with Gasteiger partial charge in [0.1, 0.15) is 0 Å². The Labute approximate surface area is 112 Å². The molecular weight excluding hydrogens is 248 g/mol. The predicted octanol–water partition coefficient (Wildman–Crippen LogP) is 0.568. The second-order valence-corrected chi connectivity index (χ2v) is 4.98. The van der Waals surface area contributed by atoms with Crippen LogP contribution in [0, 0.1) is 5.92 Å². The minimum absolute atomic E-state index is 0.0142. The lowest BCUT2D eigenvalue weighted by Crippen LogP contribution is -2.40. The van der Waals surface area contributed by atoms with Crippen LogP contribution >= 0.6 is 0 Å². The van der Waals surface area contributed by atoms with E-state index in [9.17, 15) is 14.4 Å². The summed E-state index contributed by atoms with van der Waals surface area (Å²) in [6.07, 6.45) is 2.72. The zero-order chi connectivity index (χ0) is 14.6. The monoisotopic (exact) mass is 268 g/mol. The van der Waals surface area contributed by atoms with Crippen molar-refractivity contribution in [2.45, 2.75) is 45.6 Å². The van der Waals surface area contributed by atoms with Gasteiger partial charge in [-0.2, -0.15) is 0 Å². The van der Waals surface area contributed by atoms with Crippen molar-refractivity contribution in [3.8, 4) is 0 Å². The van der Waals surface area contributed by atoms with Crippen molar-refractivity contribution in [2.24, 2.45) is 11.7 Å². The van der Waals surface area contributed by atoms with E-state index < -0.39 is 5.97 Å². The molecule has 1 rings (SSSR count). The molecule has 2 amide bonds. The van der Waals surface area contributed by atoms with Crippen molar-refractivity contribution in [1.29, 1.82) is 0 Å². The number of carboxylic acid groups (broad SMARTS) is 1. The Morgan fingerprint density at radius 1 is 1.05 bits per heavy atom. The van der Waals surface area contributed by atoms with Crippen LogP contribution in [-0.2, 0) is 14.4 Å². The lowest BCUT2D eigenvalue weighted by atomic mass is 9.85. The van der Waals surface area contributed by atoms with Crippen LogP contribution in [0.4, 0.5) is 0 Å². The molecule has 4 N–H and O–H groups in total. The van der Waals surface area contributed by atoms with Crippen LogP contribution in [0.1, 0.15) is 39.5 Å². The highest BCUT2D eigenvalue weighted by Gasteiger charge is 2.26. The largest absolute Gasteiger partial charge is 0.478 e. The van der Waals surface area contributed by atoms with Gasteiger partial charge in [-0.05, 0) is 39.5 Å². The topological polar surface area (TPSA) is 109 Å². The maximum absolute atomic E-state index is 11.8. The molecule has 1 fully saturated rings. The van der Waals surface area contributed by atoms with Crippen LogP contribution in [0.2, 0.25) is 0 Å². The smallest absolute Gasteiger partial charge is 0.331 e. The molecule has 0 aromatic carbocycles. The highest BCUT2D eigenvalue weighted by molar-refractivity contribution is 6.01. The molecule has 0 aromatic rings.